The molecule has 0 aliphatic carbocycles. The minimum atomic E-state index is -0.732. The molecule has 0 saturated carbocycles. The number of amides is 1. The SMILES string of the molecule is CC(=O)CNC(=O)c1nc(-c2ccccc2)n(-c2cccc(Cl)c2F)c1-c1ccc(F)c(Cl)c1. The van der Waals surface area contributed by atoms with E-state index in [2.05, 4.69) is 10.3 Å². The smallest absolute Gasteiger partial charge is 0.272 e. The van der Waals surface area contributed by atoms with Crippen molar-refractivity contribution in [1.29, 1.82) is 0 Å². The predicted molar refractivity (Wildman–Crippen MR) is 127 cm³/mol. The number of benzene rings is 3. The molecule has 0 unspecified atom stereocenters. The molecular weight excluding hydrogens is 483 g/mol. The lowest BCUT2D eigenvalue weighted by molar-refractivity contribution is -0.116. The summed E-state index contributed by atoms with van der Waals surface area (Å²) in [5, 5.41) is 2.20. The molecule has 172 valence electrons. The van der Waals surface area contributed by atoms with Gasteiger partial charge in [-0.2, -0.15) is 0 Å². The van der Waals surface area contributed by atoms with E-state index in [4.69, 9.17) is 23.2 Å². The molecule has 0 aliphatic rings. The van der Waals surface area contributed by atoms with Crippen LogP contribution in [0.4, 0.5) is 8.78 Å². The number of nitrogens with zero attached hydrogens (tertiary/aromatic N) is 2. The van der Waals surface area contributed by atoms with Crippen molar-refractivity contribution in [2.45, 2.75) is 6.92 Å². The fourth-order valence-electron chi connectivity index (χ4n) is 3.46. The minimum absolute atomic E-state index is 0.0277. The molecule has 1 N–H and O–H groups in total. The van der Waals surface area contributed by atoms with Gasteiger partial charge in [0.05, 0.1) is 28.0 Å². The highest BCUT2D eigenvalue weighted by Crippen LogP contribution is 2.36. The van der Waals surface area contributed by atoms with Crippen LogP contribution in [0.25, 0.3) is 28.3 Å². The Morgan fingerprint density at radius 2 is 1.68 bits per heavy atom. The Bertz CT molecular complexity index is 1410. The van der Waals surface area contributed by atoms with Crippen molar-refractivity contribution in [1.82, 2.24) is 14.9 Å². The van der Waals surface area contributed by atoms with Gasteiger partial charge in [0, 0.05) is 11.1 Å². The largest absolute Gasteiger partial charge is 0.344 e. The Morgan fingerprint density at radius 1 is 0.941 bits per heavy atom. The lowest BCUT2D eigenvalue weighted by Gasteiger charge is -2.15. The third-order valence-electron chi connectivity index (χ3n) is 4.99. The highest BCUT2D eigenvalue weighted by atomic mass is 35.5. The van der Waals surface area contributed by atoms with E-state index in [9.17, 15) is 14.0 Å². The number of nitrogens with one attached hydrogen (secondary N) is 1. The Kier molecular flexibility index (Phi) is 6.77. The summed E-state index contributed by atoms with van der Waals surface area (Å²) in [5.41, 5.74) is 0.987. The van der Waals surface area contributed by atoms with Gasteiger partial charge < -0.3 is 5.32 Å². The highest BCUT2D eigenvalue weighted by molar-refractivity contribution is 6.31. The fourth-order valence-corrected chi connectivity index (χ4v) is 3.81. The topological polar surface area (TPSA) is 64.0 Å². The predicted octanol–water partition coefficient (Wildman–Crippen LogP) is 6.11. The van der Waals surface area contributed by atoms with Crippen LogP contribution in [-0.4, -0.2) is 27.8 Å². The number of carbonyl (C=O) groups excluding carboxylic acids is 2. The minimum Gasteiger partial charge on any atom is -0.344 e. The van der Waals surface area contributed by atoms with E-state index in [1.807, 2.05) is 0 Å². The molecule has 1 heterocycles. The van der Waals surface area contributed by atoms with Gasteiger partial charge in [-0.3, -0.25) is 14.2 Å². The maximum Gasteiger partial charge on any atom is 0.272 e. The normalized spacial score (nSPS) is 10.9. The van der Waals surface area contributed by atoms with Crippen molar-refractivity contribution in [3.05, 3.63) is 94.1 Å². The third-order valence-corrected chi connectivity index (χ3v) is 5.57. The van der Waals surface area contributed by atoms with Crippen LogP contribution in [0.5, 0.6) is 0 Å². The first-order valence-corrected chi connectivity index (χ1v) is 10.9. The molecule has 3 aromatic carbocycles. The average Bonchev–Trinajstić information content (AvgIpc) is 3.22. The molecule has 4 aromatic rings. The van der Waals surface area contributed by atoms with Gasteiger partial charge in [0.2, 0.25) is 0 Å². The number of aromatic nitrogens is 2. The monoisotopic (exact) mass is 499 g/mol. The summed E-state index contributed by atoms with van der Waals surface area (Å²) < 4.78 is 30.7. The van der Waals surface area contributed by atoms with Crippen LogP contribution in [0, 0.1) is 11.6 Å². The molecule has 1 aromatic heterocycles. The van der Waals surface area contributed by atoms with E-state index in [1.165, 1.54) is 35.8 Å². The second-order valence-corrected chi connectivity index (χ2v) is 8.23. The second kappa shape index (κ2) is 9.75. The maximum atomic E-state index is 15.3. The summed E-state index contributed by atoms with van der Waals surface area (Å²) in [4.78, 5) is 29.1. The van der Waals surface area contributed by atoms with Gasteiger partial charge in [-0.15, -0.1) is 0 Å². The van der Waals surface area contributed by atoms with Crippen molar-refractivity contribution in [2.75, 3.05) is 6.54 Å². The van der Waals surface area contributed by atoms with Crippen LogP contribution < -0.4 is 5.32 Å². The van der Waals surface area contributed by atoms with Gasteiger partial charge in [-0.05, 0) is 37.3 Å². The van der Waals surface area contributed by atoms with Crippen molar-refractivity contribution >= 4 is 34.9 Å². The lowest BCUT2D eigenvalue weighted by Crippen LogP contribution is -2.29. The van der Waals surface area contributed by atoms with E-state index in [-0.39, 0.29) is 45.3 Å². The zero-order chi connectivity index (χ0) is 24.4. The Balaban J connectivity index is 2.09. The first-order chi connectivity index (χ1) is 16.3. The highest BCUT2D eigenvalue weighted by Gasteiger charge is 2.27. The summed E-state index contributed by atoms with van der Waals surface area (Å²) in [6.07, 6.45) is 0. The Labute approximate surface area is 204 Å². The van der Waals surface area contributed by atoms with Gasteiger partial charge in [0.1, 0.15) is 17.4 Å². The van der Waals surface area contributed by atoms with Crippen LogP contribution in [0.2, 0.25) is 10.0 Å². The molecule has 1 amide bonds. The fraction of sp³-hybridized carbons (Fsp3) is 0.0800. The quantitative estimate of drug-likeness (QED) is 0.348. The standard InChI is InChI=1S/C25H17Cl2F2N3O2/c1-14(33)13-30-25(34)22-23(16-10-11-19(28)18(27)12-16)32(20-9-5-8-17(26)21(20)29)24(31-22)15-6-3-2-4-7-15/h2-12H,13H2,1H3,(H,30,34). The number of hydrogen-bond acceptors (Lipinski definition) is 3. The van der Waals surface area contributed by atoms with Gasteiger partial charge >= 0.3 is 0 Å². The molecule has 5 nitrogen and oxygen atoms in total. The van der Waals surface area contributed by atoms with Crippen LogP contribution in [0.1, 0.15) is 17.4 Å². The summed E-state index contributed by atoms with van der Waals surface area (Å²) in [5.74, 6) is -2.07. The van der Waals surface area contributed by atoms with E-state index >= 15 is 4.39 Å². The van der Waals surface area contributed by atoms with Crippen LogP contribution in [0.3, 0.4) is 0 Å². The van der Waals surface area contributed by atoms with E-state index < -0.39 is 17.5 Å². The van der Waals surface area contributed by atoms with Gasteiger partial charge in [-0.25, -0.2) is 13.8 Å². The number of rotatable bonds is 6. The first-order valence-electron chi connectivity index (χ1n) is 10.1. The van der Waals surface area contributed by atoms with Gasteiger partial charge in [-0.1, -0.05) is 59.6 Å². The first kappa shape index (κ1) is 23.6. The molecule has 0 aliphatic heterocycles. The summed E-state index contributed by atoms with van der Waals surface area (Å²) in [6, 6.07) is 17.2. The molecular formula is C25H17Cl2F2N3O2. The summed E-state index contributed by atoms with van der Waals surface area (Å²) >= 11 is 12.1. The number of Topliss-reactive ketones (excluding diaryl/α,β-unsaturated/α-hetero) is 1. The van der Waals surface area contributed by atoms with Crippen LogP contribution >= 0.6 is 23.2 Å². The molecule has 4 rings (SSSR count). The average molecular weight is 500 g/mol. The third kappa shape index (κ3) is 4.58. The molecule has 0 fully saturated rings. The summed E-state index contributed by atoms with van der Waals surface area (Å²) in [7, 11) is 0. The zero-order valence-electron chi connectivity index (χ0n) is 17.8. The maximum absolute atomic E-state index is 15.3. The van der Waals surface area contributed by atoms with Gasteiger partial charge in [0.25, 0.3) is 5.91 Å². The molecule has 34 heavy (non-hydrogen) atoms. The molecule has 0 saturated heterocycles. The zero-order valence-corrected chi connectivity index (χ0v) is 19.3. The number of imidazole rings is 1. The number of halogens is 4. The van der Waals surface area contributed by atoms with Gasteiger partial charge in [0.15, 0.2) is 11.5 Å². The molecule has 9 heteroatoms. The van der Waals surface area contributed by atoms with Crippen LogP contribution in [0.15, 0.2) is 66.7 Å². The lowest BCUT2D eigenvalue weighted by atomic mass is 10.1. The molecule has 0 radical (unpaired) electrons. The van der Waals surface area contributed by atoms with E-state index in [0.717, 1.165) is 6.07 Å². The Hall–Kier alpha value is -3.55. The molecule has 0 spiro atoms. The molecule has 0 atom stereocenters. The second-order valence-electron chi connectivity index (χ2n) is 7.42. The molecule has 0 bridgehead atoms. The van der Waals surface area contributed by atoms with Crippen molar-refractivity contribution in [3.63, 3.8) is 0 Å². The number of ketones is 1. The van der Waals surface area contributed by atoms with E-state index in [0.29, 0.717) is 11.1 Å². The number of carbonyl (C=O) groups is 2. The van der Waals surface area contributed by atoms with Crippen molar-refractivity contribution in [3.8, 4) is 28.3 Å². The van der Waals surface area contributed by atoms with Crippen molar-refractivity contribution in [2.24, 2.45) is 0 Å². The van der Waals surface area contributed by atoms with Crippen molar-refractivity contribution < 1.29 is 18.4 Å². The Morgan fingerprint density at radius 3 is 2.35 bits per heavy atom. The van der Waals surface area contributed by atoms with Crippen LogP contribution in [-0.2, 0) is 4.79 Å². The summed E-state index contributed by atoms with van der Waals surface area (Å²) in [6.45, 7) is 1.11. The van der Waals surface area contributed by atoms with E-state index in [1.54, 1.807) is 36.4 Å². The number of hydrogen-bond donors (Lipinski definition) is 1.